The van der Waals surface area contributed by atoms with Crippen LogP contribution in [-0.4, -0.2) is 40.9 Å². The zero-order valence-corrected chi connectivity index (χ0v) is 13.4. The molecule has 0 aliphatic rings. The van der Waals surface area contributed by atoms with Crippen LogP contribution in [0, 0.1) is 11.3 Å². The summed E-state index contributed by atoms with van der Waals surface area (Å²) in [6.07, 6.45) is 0. The van der Waals surface area contributed by atoms with Gasteiger partial charge >= 0.3 is 11.9 Å². The molecule has 5 N–H and O–H groups in total. The summed E-state index contributed by atoms with van der Waals surface area (Å²) < 4.78 is 10.4. The number of aromatic nitrogens is 1. The van der Waals surface area contributed by atoms with Crippen LogP contribution in [-0.2, 0) is 0 Å². The average molecular weight is 359 g/mol. The summed E-state index contributed by atoms with van der Waals surface area (Å²) in [7, 11) is 1.31. The van der Waals surface area contributed by atoms with Crippen molar-refractivity contribution in [3.8, 4) is 28.7 Å². The first-order valence-corrected chi connectivity index (χ1v) is 7.02. The maximum absolute atomic E-state index is 12.1. The number of carboxylic acids is 2. The van der Waals surface area contributed by atoms with E-state index in [9.17, 15) is 24.6 Å². The molecule has 1 heterocycles. The number of hydrogen-bond acceptors (Lipinski definition) is 7. The minimum atomic E-state index is -1.65. The van der Waals surface area contributed by atoms with Crippen molar-refractivity contribution in [3.05, 3.63) is 39.7 Å². The van der Waals surface area contributed by atoms with E-state index < -0.39 is 46.6 Å². The molecule has 0 saturated heterocycles. The number of methoxy groups -OCH3 is 1. The predicted octanol–water partition coefficient (Wildman–Crippen LogP) is 0.931. The van der Waals surface area contributed by atoms with Crippen LogP contribution in [0.25, 0.3) is 11.1 Å². The Morgan fingerprint density at radius 2 is 1.92 bits per heavy atom. The van der Waals surface area contributed by atoms with Crippen molar-refractivity contribution in [2.45, 2.75) is 0 Å². The molecule has 0 spiro atoms. The van der Waals surface area contributed by atoms with Crippen molar-refractivity contribution in [2.75, 3.05) is 19.5 Å². The Balaban J connectivity index is 3.01. The van der Waals surface area contributed by atoms with E-state index in [2.05, 4.69) is 0 Å². The molecule has 1 aromatic carbocycles. The number of pyridine rings is 1. The zero-order valence-electron chi connectivity index (χ0n) is 13.4. The molecule has 10 nitrogen and oxygen atoms in total. The lowest BCUT2D eigenvalue weighted by Gasteiger charge is -2.17. The van der Waals surface area contributed by atoms with Gasteiger partial charge < -0.3 is 30.4 Å². The monoisotopic (exact) mass is 359 g/mol. The molecule has 0 fully saturated rings. The number of nitriles is 1. The molecular formula is C16H13N3O7. The summed E-state index contributed by atoms with van der Waals surface area (Å²) in [6, 6.07) is 5.99. The number of nitrogens with one attached hydrogen (secondary N) is 1. The van der Waals surface area contributed by atoms with E-state index in [1.165, 1.54) is 25.3 Å². The third kappa shape index (κ3) is 3.13. The SMILES string of the molecule is COc1cccc(-c2c(C(=O)O)c(N)[nH]c(=O)c2C(=O)O)c1OCC#N. The van der Waals surface area contributed by atoms with Gasteiger partial charge in [-0.15, -0.1) is 0 Å². The maximum Gasteiger partial charge on any atom is 0.342 e. The van der Waals surface area contributed by atoms with Crippen LogP contribution in [0.15, 0.2) is 23.0 Å². The highest BCUT2D eigenvalue weighted by Gasteiger charge is 2.29. The number of aromatic amines is 1. The largest absolute Gasteiger partial charge is 0.493 e. The second-order valence-electron chi connectivity index (χ2n) is 4.89. The number of aromatic carboxylic acids is 2. The summed E-state index contributed by atoms with van der Waals surface area (Å²) in [5.41, 5.74) is 2.57. The molecule has 134 valence electrons. The van der Waals surface area contributed by atoms with Crippen LogP contribution in [0.5, 0.6) is 11.5 Å². The Labute approximate surface area is 146 Å². The van der Waals surface area contributed by atoms with Crippen molar-refractivity contribution < 1.29 is 29.3 Å². The lowest BCUT2D eigenvalue weighted by atomic mass is 9.94. The highest BCUT2D eigenvalue weighted by molar-refractivity contribution is 6.08. The normalized spacial score (nSPS) is 10.0. The third-order valence-corrected chi connectivity index (χ3v) is 3.42. The molecule has 0 amide bonds. The maximum atomic E-state index is 12.1. The number of nitrogens with zero attached hydrogens (tertiary/aromatic N) is 1. The van der Waals surface area contributed by atoms with E-state index in [4.69, 9.17) is 20.5 Å². The molecule has 0 aliphatic carbocycles. The van der Waals surface area contributed by atoms with Gasteiger partial charge in [0.05, 0.1) is 7.11 Å². The number of carboxylic acid groups (broad SMARTS) is 2. The Morgan fingerprint density at radius 1 is 1.27 bits per heavy atom. The number of benzene rings is 1. The summed E-state index contributed by atoms with van der Waals surface area (Å²) in [5.74, 6) is -3.70. The molecule has 10 heteroatoms. The summed E-state index contributed by atoms with van der Waals surface area (Å²) in [6.45, 7) is -0.420. The van der Waals surface area contributed by atoms with Crippen molar-refractivity contribution >= 4 is 17.8 Å². The lowest BCUT2D eigenvalue weighted by molar-refractivity contribution is 0.0695. The molecule has 0 bridgehead atoms. The fourth-order valence-corrected chi connectivity index (χ4v) is 2.44. The highest BCUT2D eigenvalue weighted by Crippen LogP contribution is 2.41. The number of para-hydroxylation sites is 1. The number of anilines is 1. The van der Waals surface area contributed by atoms with Crippen LogP contribution in [0.3, 0.4) is 0 Å². The molecule has 0 aliphatic heterocycles. The molecule has 2 aromatic rings. The Hall–Kier alpha value is -4.00. The highest BCUT2D eigenvalue weighted by atomic mass is 16.5. The Kier molecular flexibility index (Phi) is 5.13. The van der Waals surface area contributed by atoms with Gasteiger partial charge in [0.15, 0.2) is 18.1 Å². The van der Waals surface area contributed by atoms with Crippen molar-refractivity contribution in [2.24, 2.45) is 0 Å². The quantitative estimate of drug-likeness (QED) is 0.584. The topological polar surface area (TPSA) is 176 Å². The van der Waals surface area contributed by atoms with E-state index in [0.29, 0.717) is 0 Å². The van der Waals surface area contributed by atoms with Gasteiger partial charge in [-0.2, -0.15) is 5.26 Å². The first-order chi connectivity index (χ1) is 12.3. The number of nitrogens with two attached hydrogens (primary N) is 1. The van der Waals surface area contributed by atoms with Gasteiger partial charge in [0.2, 0.25) is 0 Å². The number of carbonyl (C=O) groups is 2. The first-order valence-electron chi connectivity index (χ1n) is 7.02. The van der Waals surface area contributed by atoms with Gasteiger partial charge in [-0.05, 0) is 6.07 Å². The minimum Gasteiger partial charge on any atom is -0.493 e. The predicted molar refractivity (Wildman–Crippen MR) is 88.5 cm³/mol. The smallest absolute Gasteiger partial charge is 0.342 e. The molecule has 26 heavy (non-hydrogen) atoms. The van der Waals surface area contributed by atoms with Crippen LogP contribution in [0.4, 0.5) is 5.82 Å². The van der Waals surface area contributed by atoms with Gasteiger partial charge in [0.25, 0.3) is 5.56 Å². The molecule has 0 radical (unpaired) electrons. The van der Waals surface area contributed by atoms with Crippen molar-refractivity contribution in [3.63, 3.8) is 0 Å². The first kappa shape index (κ1) is 18.3. The number of H-pyrrole nitrogens is 1. The number of ether oxygens (including phenoxy) is 2. The van der Waals surface area contributed by atoms with E-state index in [1.807, 2.05) is 4.98 Å². The summed E-state index contributed by atoms with van der Waals surface area (Å²) >= 11 is 0. The van der Waals surface area contributed by atoms with Crippen LogP contribution < -0.4 is 20.8 Å². The van der Waals surface area contributed by atoms with Gasteiger partial charge in [0, 0.05) is 11.1 Å². The molecule has 0 saturated carbocycles. The van der Waals surface area contributed by atoms with Gasteiger partial charge in [-0.25, -0.2) is 9.59 Å². The standard InChI is InChI=1S/C16H13N3O7/c1-25-8-4-2-3-7(12(8)26-6-5-17)9-10(15(21)22)13(18)19-14(20)11(9)16(23)24/h2-4H,6H2,1H3,(H,21,22)(H,23,24)(H3,18,19,20). The Morgan fingerprint density at radius 3 is 2.46 bits per heavy atom. The molecule has 1 aromatic heterocycles. The summed E-state index contributed by atoms with van der Waals surface area (Å²) in [5, 5.41) is 27.6. The average Bonchev–Trinajstić information content (AvgIpc) is 2.57. The van der Waals surface area contributed by atoms with Gasteiger partial charge in [-0.3, -0.25) is 4.79 Å². The molecule has 2 rings (SSSR count). The minimum absolute atomic E-state index is 0.0628. The fraction of sp³-hybridized carbons (Fsp3) is 0.125. The van der Waals surface area contributed by atoms with Gasteiger partial charge in [0.1, 0.15) is 23.0 Å². The molecule has 0 atom stereocenters. The van der Waals surface area contributed by atoms with E-state index in [-0.39, 0.29) is 17.1 Å². The number of hydrogen-bond donors (Lipinski definition) is 4. The second-order valence-corrected chi connectivity index (χ2v) is 4.89. The lowest BCUT2D eigenvalue weighted by Crippen LogP contribution is -2.24. The Bertz CT molecular complexity index is 989. The van der Waals surface area contributed by atoms with E-state index in [0.717, 1.165) is 0 Å². The van der Waals surface area contributed by atoms with Crippen LogP contribution >= 0.6 is 0 Å². The van der Waals surface area contributed by atoms with Gasteiger partial charge in [-0.1, -0.05) is 12.1 Å². The van der Waals surface area contributed by atoms with Crippen LogP contribution in [0.2, 0.25) is 0 Å². The molecular weight excluding hydrogens is 346 g/mol. The van der Waals surface area contributed by atoms with E-state index >= 15 is 0 Å². The zero-order chi connectivity index (χ0) is 19.4. The number of rotatable bonds is 6. The van der Waals surface area contributed by atoms with E-state index in [1.54, 1.807) is 6.07 Å². The fourth-order valence-electron chi connectivity index (χ4n) is 2.44. The second kappa shape index (κ2) is 7.27. The van der Waals surface area contributed by atoms with Crippen LogP contribution in [0.1, 0.15) is 20.7 Å². The molecule has 0 unspecified atom stereocenters. The van der Waals surface area contributed by atoms with Crippen molar-refractivity contribution in [1.82, 2.24) is 4.98 Å². The third-order valence-electron chi connectivity index (χ3n) is 3.42. The summed E-state index contributed by atoms with van der Waals surface area (Å²) in [4.78, 5) is 37.4. The number of nitrogen functional groups attached to an aromatic ring is 1. The van der Waals surface area contributed by atoms with Crippen molar-refractivity contribution in [1.29, 1.82) is 5.26 Å².